The molecule has 0 bridgehead atoms. The lowest BCUT2D eigenvalue weighted by molar-refractivity contribution is 0.251. The van der Waals surface area contributed by atoms with Crippen molar-refractivity contribution in [1.82, 2.24) is 25.1 Å². The van der Waals surface area contributed by atoms with Crippen LogP contribution in [0.3, 0.4) is 0 Å². The van der Waals surface area contributed by atoms with Gasteiger partial charge in [-0.25, -0.2) is 0 Å². The van der Waals surface area contributed by atoms with E-state index in [1.54, 1.807) is 4.80 Å². The highest BCUT2D eigenvalue weighted by Crippen LogP contribution is 2.40. The number of halogens is 1. The molecule has 2 heterocycles. The number of likely N-dealkylation sites (tertiary alicyclic amines) is 1. The predicted molar refractivity (Wildman–Crippen MR) is 139 cm³/mol. The van der Waals surface area contributed by atoms with Gasteiger partial charge < -0.3 is 10.2 Å². The van der Waals surface area contributed by atoms with Gasteiger partial charge in [-0.15, -0.1) is 10.2 Å². The van der Waals surface area contributed by atoms with E-state index < -0.39 is 0 Å². The molecule has 0 atom stereocenters. The first-order chi connectivity index (χ1) is 16.6. The van der Waals surface area contributed by atoms with Crippen molar-refractivity contribution >= 4 is 34.6 Å². The van der Waals surface area contributed by atoms with Crippen molar-refractivity contribution in [2.75, 3.05) is 18.4 Å². The lowest BCUT2D eigenvalue weighted by atomic mass is 9.72. The van der Waals surface area contributed by atoms with Crippen LogP contribution in [0.25, 0.3) is 0 Å². The van der Waals surface area contributed by atoms with E-state index in [2.05, 4.69) is 44.8 Å². The summed E-state index contributed by atoms with van der Waals surface area (Å²) in [6, 6.07) is 28.3. The number of aromatic nitrogens is 4. The Morgan fingerprint density at radius 3 is 2.24 bits per heavy atom. The fourth-order valence-electron chi connectivity index (χ4n) is 4.47. The average molecular weight is 489 g/mol. The van der Waals surface area contributed by atoms with E-state index >= 15 is 0 Å². The van der Waals surface area contributed by atoms with E-state index in [4.69, 9.17) is 28.9 Å². The lowest BCUT2D eigenvalue weighted by Gasteiger charge is -2.41. The van der Waals surface area contributed by atoms with Gasteiger partial charge in [-0.05, 0) is 65.7 Å². The van der Waals surface area contributed by atoms with Crippen LogP contribution >= 0.6 is 23.8 Å². The van der Waals surface area contributed by atoms with Crippen LogP contribution in [-0.2, 0) is 12.0 Å². The molecule has 1 aromatic heterocycles. The molecule has 3 aromatic carbocycles. The topological polar surface area (TPSA) is 58.9 Å². The monoisotopic (exact) mass is 488 g/mol. The number of anilines is 1. The highest BCUT2D eigenvalue weighted by atomic mass is 35.5. The van der Waals surface area contributed by atoms with Crippen LogP contribution in [0.4, 0.5) is 5.69 Å². The normalized spacial score (nSPS) is 15.1. The number of tetrazole rings is 1. The van der Waals surface area contributed by atoms with E-state index in [-0.39, 0.29) is 5.41 Å². The van der Waals surface area contributed by atoms with Crippen LogP contribution in [0.5, 0.6) is 0 Å². The summed E-state index contributed by atoms with van der Waals surface area (Å²) in [5, 5.41) is 18.6. The summed E-state index contributed by atoms with van der Waals surface area (Å²) in [7, 11) is 0. The Labute approximate surface area is 209 Å². The fourth-order valence-corrected chi connectivity index (χ4v) is 4.90. The van der Waals surface area contributed by atoms with Gasteiger partial charge in [0.25, 0.3) is 0 Å². The van der Waals surface area contributed by atoms with Crippen molar-refractivity contribution in [2.24, 2.45) is 0 Å². The minimum Gasteiger partial charge on any atom is -0.349 e. The number of benzene rings is 3. The van der Waals surface area contributed by atoms with Crippen LogP contribution in [-0.4, -0.2) is 43.3 Å². The van der Waals surface area contributed by atoms with Gasteiger partial charge in [0.05, 0.1) is 12.0 Å². The zero-order valence-corrected chi connectivity index (χ0v) is 20.2. The highest BCUT2D eigenvalue weighted by Gasteiger charge is 2.42. The van der Waals surface area contributed by atoms with E-state index in [1.165, 1.54) is 5.56 Å². The molecule has 6 nitrogen and oxygen atoms in total. The maximum Gasteiger partial charge on any atom is 0.185 e. The van der Waals surface area contributed by atoms with Gasteiger partial charge in [0, 0.05) is 23.8 Å². The van der Waals surface area contributed by atoms with Gasteiger partial charge in [-0.1, -0.05) is 72.3 Å². The number of thiocarbonyl (C=S) groups is 1. The quantitative estimate of drug-likeness (QED) is 0.392. The second-order valence-electron chi connectivity index (χ2n) is 8.50. The van der Waals surface area contributed by atoms with E-state index in [0.29, 0.717) is 11.6 Å². The number of nitrogens with zero attached hydrogens (tertiary/aromatic N) is 5. The predicted octanol–water partition coefficient (Wildman–Crippen LogP) is 5.15. The molecule has 0 amide bonds. The molecule has 1 fully saturated rings. The third kappa shape index (κ3) is 4.81. The number of nitrogens with one attached hydrogen (secondary N) is 1. The largest absolute Gasteiger partial charge is 0.349 e. The summed E-state index contributed by atoms with van der Waals surface area (Å²) in [6.07, 6.45) is 1.69. The van der Waals surface area contributed by atoms with Crippen molar-refractivity contribution in [3.63, 3.8) is 0 Å². The van der Waals surface area contributed by atoms with Gasteiger partial charge in [0.1, 0.15) is 0 Å². The van der Waals surface area contributed by atoms with Gasteiger partial charge in [0.2, 0.25) is 0 Å². The Balaban J connectivity index is 1.36. The second-order valence-corrected chi connectivity index (χ2v) is 9.32. The molecule has 5 rings (SSSR count). The summed E-state index contributed by atoms with van der Waals surface area (Å²) in [6.45, 7) is 2.16. The molecule has 0 radical (unpaired) electrons. The third-order valence-corrected chi connectivity index (χ3v) is 6.99. The van der Waals surface area contributed by atoms with Crippen molar-refractivity contribution in [3.05, 3.63) is 107 Å². The Kier molecular flexibility index (Phi) is 6.56. The summed E-state index contributed by atoms with van der Waals surface area (Å²) >= 11 is 11.7. The number of hydrogen-bond donors (Lipinski definition) is 1. The first-order valence-corrected chi connectivity index (χ1v) is 12.1. The van der Waals surface area contributed by atoms with Crippen molar-refractivity contribution in [1.29, 1.82) is 0 Å². The van der Waals surface area contributed by atoms with Crippen molar-refractivity contribution in [3.8, 4) is 0 Å². The average Bonchev–Trinajstić information content (AvgIpc) is 3.36. The van der Waals surface area contributed by atoms with Gasteiger partial charge in [-0.3, -0.25) is 0 Å². The van der Waals surface area contributed by atoms with Crippen LogP contribution in [0, 0.1) is 0 Å². The second kappa shape index (κ2) is 9.91. The van der Waals surface area contributed by atoms with Crippen LogP contribution in [0.2, 0.25) is 5.02 Å². The van der Waals surface area contributed by atoms with Gasteiger partial charge in [0.15, 0.2) is 10.9 Å². The number of para-hydroxylation sites is 1. The molecule has 4 aromatic rings. The van der Waals surface area contributed by atoms with Gasteiger partial charge >= 0.3 is 0 Å². The number of piperidine rings is 1. The van der Waals surface area contributed by atoms with Crippen molar-refractivity contribution < 1.29 is 0 Å². The Morgan fingerprint density at radius 1 is 0.912 bits per heavy atom. The molecular weight excluding hydrogens is 464 g/mol. The third-order valence-electron chi connectivity index (χ3n) is 6.37. The molecule has 0 spiro atoms. The minimum absolute atomic E-state index is 0.307. The summed E-state index contributed by atoms with van der Waals surface area (Å²) in [4.78, 5) is 3.89. The van der Waals surface area contributed by atoms with E-state index in [9.17, 15) is 0 Å². The molecule has 0 aliphatic carbocycles. The Morgan fingerprint density at radius 2 is 1.56 bits per heavy atom. The van der Waals surface area contributed by atoms with E-state index in [0.717, 1.165) is 48.1 Å². The SMILES string of the molecule is S=C(Nc1ccccc1)N1CCC(c2ccccc2)(c2nnn(Cc3ccc(Cl)cc3)n2)CC1. The summed E-state index contributed by atoms with van der Waals surface area (Å²) in [5.41, 5.74) is 2.98. The minimum atomic E-state index is -0.307. The number of rotatable bonds is 5. The lowest BCUT2D eigenvalue weighted by Crippen LogP contribution is -2.47. The maximum absolute atomic E-state index is 6.02. The molecule has 0 saturated carbocycles. The van der Waals surface area contributed by atoms with E-state index in [1.807, 2.05) is 60.7 Å². The molecule has 172 valence electrons. The zero-order chi connectivity index (χ0) is 23.4. The molecule has 1 N–H and O–H groups in total. The maximum atomic E-state index is 6.02. The fraction of sp³-hybridized carbons (Fsp3) is 0.231. The summed E-state index contributed by atoms with van der Waals surface area (Å²) < 4.78 is 0. The standard InChI is InChI=1S/C26H25ClN6S/c27-22-13-11-20(12-14-22)19-33-30-24(29-31-33)26(21-7-3-1-4-8-21)15-17-32(18-16-26)25(34)28-23-9-5-2-6-10-23/h1-14H,15-19H2,(H,28,34). The first kappa shape index (κ1) is 22.5. The van der Waals surface area contributed by atoms with Crippen LogP contribution in [0.15, 0.2) is 84.9 Å². The summed E-state index contributed by atoms with van der Waals surface area (Å²) in [5.74, 6) is 0.759. The van der Waals surface area contributed by atoms with Gasteiger partial charge in [-0.2, -0.15) is 4.80 Å². The van der Waals surface area contributed by atoms with Crippen LogP contribution < -0.4 is 5.32 Å². The highest BCUT2D eigenvalue weighted by molar-refractivity contribution is 7.80. The van der Waals surface area contributed by atoms with Crippen LogP contribution in [0.1, 0.15) is 29.8 Å². The molecule has 1 saturated heterocycles. The molecule has 1 aliphatic heterocycles. The molecule has 1 aliphatic rings. The Bertz CT molecular complexity index is 1240. The first-order valence-electron chi connectivity index (χ1n) is 11.3. The molecule has 0 unspecified atom stereocenters. The molecule has 34 heavy (non-hydrogen) atoms. The molecule has 8 heteroatoms. The molecular formula is C26H25ClN6S. The number of hydrogen-bond acceptors (Lipinski definition) is 4. The smallest absolute Gasteiger partial charge is 0.185 e. The van der Waals surface area contributed by atoms with Crippen molar-refractivity contribution in [2.45, 2.75) is 24.8 Å². The zero-order valence-electron chi connectivity index (χ0n) is 18.6. The Hall–Kier alpha value is -3.29.